The fraction of sp³-hybridized carbons (Fsp3) is 0.364. The van der Waals surface area contributed by atoms with Crippen LogP contribution in [-0.2, 0) is 21.7 Å². The van der Waals surface area contributed by atoms with Gasteiger partial charge < -0.3 is 10.5 Å². The second kappa shape index (κ2) is 6.06. The van der Waals surface area contributed by atoms with Crippen molar-refractivity contribution in [3.8, 4) is 11.1 Å². The highest BCUT2D eigenvalue weighted by Gasteiger charge is 2.63. The fourth-order valence-corrected chi connectivity index (χ4v) is 4.85. The molecule has 1 fully saturated rings. The molecule has 2 aromatic rings. The molecule has 1 atom stereocenters. The van der Waals surface area contributed by atoms with E-state index in [4.69, 9.17) is 26.9 Å². The van der Waals surface area contributed by atoms with Gasteiger partial charge in [0.05, 0.1) is 6.57 Å². The van der Waals surface area contributed by atoms with Gasteiger partial charge in [-0.15, -0.1) is 0 Å². The van der Waals surface area contributed by atoms with Gasteiger partial charge in [0.15, 0.2) is 5.69 Å². The Morgan fingerprint density at radius 3 is 2.64 bits per heavy atom. The third-order valence-electron chi connectivity index (χ3n) is 6.34. The second-order valence-corrected chi connectivity index (χ2v) is 7.81. The summed E-state index contributed by atoms with van der Waals surface area (Å²) in [6.07, 6.45) is 2.67. The first-order valence-electron chi connectivity index (χ1n) is 9.54. The lowest BCUT2D eigenvalue weighted by Gasteiger charge is -2.43. The van der Waals surface area contributed by atoms with Crippen LogP contribution in [0.3, 0.4) is 0 Å². The minimum absolute atomic E-state index is 0.153. The van der Waals surface area contributed by atoms with Crippen LogP contribution in [0.2, 0.25) is 0 Å². The second-order valence-electron chi connectivity index (χ2n) is 7.81. The van der Waals surface area contributed by atoms with Gasteiger partial charge in [0.1, 0.15) is 0 Å². The predicted molar refractivity (Wildman–Crippen MR) is 106 cm³/mol. The van der Waals surface area contributed by atoms with E-state index in [1.165, 1.54) is 5.56 Å². The highest BCUT2D eigenvalue weighted by molar-refractivity contribution is 5.79. The van der Waals surface area contributed by atoms with Crippen LogP contribution in [0.4, 0.5) is 5.69 Å². The van der Waals surface area contributed by atoms with E-state index in [1.807, 2.05) is 31.3 Å². The number of hydrogen-bond acceptors (Lipinski definition) is 5. The topological polar surface area (TPSA) is 64.4 Å². The minimum atomic E-state index is -0.807. The molecule has 3 aliphatic rings. The minimum Gasteiger partial charge on any atom is -0.381 e. The predicted octanol–water partition coefficient (Wildman–Crippen LogP) is 3.60. The third kappa shape index (κ3) is 2.30. The number of nitrogens with zero attached hydrogens (tertiary/aromatic N) is 3. The van der Waals surface area contributed by atoms with E-state index in [0.29, 0.717) is 24.9 Å². The Labute approximate surface area is 164 Å². The summed E-state index contributed by atoms with van der Waals surface area (Å²) in [6.45, 7) is 8.70. The fourth-order valence-electron chi connectivity index (χ4n) is 4.85. The summed E-state index contributed by atoms with van der Waals surface area (Å²) in [4.78, 5) is 14.8. The maximum absolute atomic E-state index is 7.29. The first-order chi connectivity index (χ1) is 13.6. The highest BCUT2D eigenvalue weighted by atomic mass is 16.7. The van der Waals surface area contributed by atoms with E-state index in [9.17, 15) is 0 Å². The summed E-state index contributed by atoms with van der Waals surface area (Å²) < 4.78 is 5.65. The molecule has 142 valence electrons. The molecule has 0 bridgehead atoms. The molecule has 2 N–H and O–H groups in total. The summed E-state index contributed by atoms with van der Waals surface area (Å²) in [7, 11) is 1.81. The van der Waals surface area contributed by atoms with Crippen LogP contribution in [0.15, 0.2) is 47.5 Å². The average Bonchev–Trinajstić information content (AvgIpc) is 3.16. The largest absolute Gasteiger partial charge is 0.381 e. The molecule has 28 heavy (non-hydrogen) atoms. The zero-order chi connectivity index (χ0) is 19.4. The summed E-state index contributed by atoms with van der Waals surface area (Å²) in [5.41, 5.74) is 10.2. The molecule has 2 spiro atoms. The van der Waals surface area contributed by atoms with Crippen LogP contribution >= 0.6 is 0 Å². The van der Waals surface area contributed by atoms with E-state index in [1.54, 1.807) is 5.06 Å². The summed E-state index contributed by atoms with van der Waals surface area (Å²) in [6, 6.07) is 14.2. The summed E-state index contributed by atoms with van der Waals surface area (Å²) >= 11 is 0. The number of nitrogens with two attached hydrogens (primary N) is 1. The first-order valence-corrected chi connectivity index (χ1v) is 9.54. The quantitative estimate of drug-likeness (QED) is 0.775. The molecule has 6 nitrogen and oxygen atoms in total. The third-order valence-corrected chi connectivity index (χ3v) is 6.34. The Morgan fingerprint density at radius 1 is 1.14 bits per heavy atom. The van der Waals surface area contributed by atoms with Crippen molar-refractivity contribution in [3.63, 3.8) is 0 Å². The molecule has 5 rings (SSSR count). The van der Waals surface area contributed by atoms with Crippen LogP contribution in [0.1, 0.15) is 24.0 Å². The molecule has 2 heterocycles. The maximum atomic E-state index is 7.29. The Morgan fingerprint density at radius 2 is 1.93 bits per heavy atom. The van der Waals surface area contributed by atoms with Crippen LogP contribution in [-0.4, -0.2) is 31.3 Å². The van der Waals surface area contributed by atoms with E-state index >= 15 is 0 Å². The van der Waals surface area contributed by atoms with Gasteiger partial charge >= 0.3 is 0 Å². The van der Waals surface area contributed by atoms with Crippen molar-refractivity contribution in [2.24, 2.45) is 16.1 Å². The highest BCUT2D eigenvalue weighted by Crippen LogP contribution is 2.60. The van der Waals surface area contributed by atoms with Gasteiger partial charge in [0.2, 0.25) is 11.7 Å². The van der Waals surface area contributed by atoms with Crippen molar-refractivity contribution in [1.82, 2.24) is 5.06 Å². The SMILES string of the molecule is [C-]#[N+]c1cccc(-c2ccc3c(c2)C2(N=C(N)N(C)O2)C2(CCOCC2)C3)c1. The molecule has 0 radical (unpaired) electrons. The zero-order valence-electron chi connectivity index (χ0n) is 15.8. The molecular formula is C22H22N4O2. The number of hydrogen-bond donors (Lipinski definition) is 1. The number of guanidine groups is 1. The number of ether oxygens (including phenoxy) is 1. The van der Waals surface area contributed by atoms with E-state index in [0.717, 1.165) is 36.0 Å². The lowest BCUT2D eigenvalue weighted by Crippen LogP contribution is -2.46. The Bertz CT molecular complexity index is 1020. The van der Waals surface area contributed by atoms with Gasteiger partial charge in [-0.25, -0.2) is 19.7 Å². The average molecular weight is 374 g/mol. The van der Waals surface area contributed by atoms with Crippen molar-refractivity contribution in [2.45, 2.75) is 25.0 Å². The molecule has 2 aromatic carbocycles. The molecule has 6 heteroatoms. The van der Waals surface area contributed by atoms with Gasteiger partial charge in [-0.05, 0) is 48.1 Å². The van der Waals surface area contributed by atoms with Crippen LogP contribution in [0.5, 0.6) is 0 Å². The van der Waals surface area contributed by atoms with Gasteiger partial charge in [-0.1, -0.05) is 30.3 Å². The van der Waals surface area contributed by atoms with E-state index in [2.05, 4.69) is 23.0 Å². The molecule has 0 aromatic heterocycles. The smallest absolute Gasteiger partial charge is 0.220 e. The normalized spacial score (nSPS) is 25.0. The van der Waals surface area contributed by atoms with Crippen LogP contribution in [0, 0.1) is 12.0 Å². The van der Waals surface area contributed by atoms with Crippen LogP contribution in [0.25, 0.3) is 16.0 Å². The zero-order valence-corrected chi connectivity index (χ0v) is 15.8. The molecule has 0 saturated carbocycles. The van der Waals surface area contributed by atoms with Crippen LogP contribution < -0.4 is 5.73 Å². The molecule has 2 aliphatic heterocycles. The number of fused-ring (bicyclic) bond motifs is 3. The molecule has 1 saturated heterocycles. The monoisotopic (exact) mass is 374 g/mol. The lowest BCUT2D eigenvalue weighted by molar-refractivity contribution is -0.236. The number of hydroxylamine groups is 2. The Balaban J connectivity index is 1.67. The van der Waals surface area contributed by atoms with Crippen molar-refractivity contribution in [1.29, 1.82) is 0 Å². The number of rotatable bonds is 1. The molecule has 1 aliphatic carbocycles. The van der Waals surface area contributed by atoms with Crippen molar-refractivity contribution in [2.75, 3.05) is 20.3 Å². The van der Waals surface area contributed by atoms with Gasteiger partial charge in [-0.3, -0.25) is 0 Å². The molecule has 0 amide bonds. The van der Waals surface area contributed by atoms with Crippen molar-refractivity contribution < 1.29 is 9.57 Å². The van der Waals surface area contributed by atoms with Gasteiger partial charge in [-0.2, -0.15) is 0 Å². The first kappa shape index (κ1) is 17.2. The van der Waals surface area contributed by atoms with E-state index in [-0.39, 0.29) is 5.41 Å². The maximum Gasteiger partial charge on any atom is 0.220 e. The number of aliphatic imine (C=N–C) groups is 1. The lowest BCUT2D eigenvalue weighted by atomic mass is 9.72. The summed E-state index contributed by atoms with van der Waals surface area (Å²) in [5.74, 6) is 0.402. The Hall–Kier alpha value is -2.88. The standard InChI is InChI=1S/C22H22N4O2/c1-24-18-5-3-4-15(12-18)16-6-7-17-14-21(8-10-27-11-9-21)22(19(17)13-16)25-20(23)26(2)28-22/h3-7,12-13H,8-11,14H2,2H3,(H2,23,25). The molecular weight excluding hydrogens is 352 g/mol. The Kier molecular flexibility index (Phi) is 3.73. The molecule has 1 unspecified atom stereocenters. The van der Waals surface area contributed by atoms with Crippen molar-refractivity contribution in [3.05, 3.63) is 65.0 Å². The summed E-state index contributed by atoms with van der Waals surface area (Å²) in [5, 5.41) is 1.58. The number of benzene rings is 2. The van der Waals surface area contributed by atoms with Crippen molar-refractivity contribution >= 4 is 11.6 Å². The van der Waals surface area contributed by atoms with Gasteiger partial charge in [0.25, 0.3) is 0 Å². The van der Waals surface area contributed by atoms with Gasteiger partial charge in [0, 0.05) is 31.2 Å². The van der Waals surface area contributed by atoms with E-state index < -0.39 is 5.72 Å².